The molecule has 0 aliphatic heterocycles. The number of thioether (sulfide) groups is 1. The molecule has 2 aromatic heterocycles. The summed E-state index contributed by atoms with van der Waals surface area (Å²) in [6.07, 6.45) is 3.51. The normalized spacial score (nSPS) is 10.4. The number of hydrogen-bond donors (Lipinski definition) is 0. The minimum atomic E-state index is 0.673. The van der Waals surface area contributed by atoms with Gasteiger partial charge in [-0.15, -0.1) is 10.2 Å². The predicted octanol–water partition coefficient (Wildman–Crippen LogP) is 3.04. The second-order valence-corrected chi connectivity index (χ2v) is 5.65. The first-order valence-electron chi connectivity index (χ1n) is 6.69. The summed E-state index contributed by atoms with van der Waals surface area (Å²) in [4.78, 5) is 4.11. The summed E-state index contributed by atoms with van der Waals surface area (Å²) < 4.78 is 1.95. The Morgan fingerprint density at radius 3 is 2.91 bits per heavy atom. The summed E-state index contributed by atoms with van der Waals surface area (Å²) >= 11 is 1.59. The first-order chi connectivity index (χ1) is 10.8. The molecule has 0 atom stereocenters. The number of rotatable bonds is 4. The molecule has 0 fully saturated rings. The van der Waals surface area contributed by atoms with Gasteiger partial charge in [0.05, 0.1) is 11.6 Å². The van der Waals surface area contributed by atoms with Gasteiger partial charge in [-0.05, 0) is 29.8 Å². The fraction of sp³-hybridized carbons (Fsp3) is 0.125. The molecular formula is C16H13N5S. The minimum Gasteiger partial charge on any atom is -0.305 e. The molecule has 0 spiro atoms. The quantitative estimate of drug-likeness (QED) is 0.693. The third-order valence-corrected chi connectivity index (χ3v) is 4.27. The number of nitrogens with zero attached hydrogens (tertiary/aromatic N) is 5. The van der Waals surface area contributed by atoms with Crippen molar-refractivity contribution in [2.45, 2.75) is 10.9 Å². The lowest BCUT2D eigenvalue weighted by atomic mass is 10.2. The van der Waals surface area contributed by atoms with Crippen LogP contribution in [-0.4, -0.2) is 19.7 Å². The smallest absolute Gasteiger partial charge is 0.191 e. The molecule has 108 valence electrons. The zero-order valence-corrected chi connectivity index (χ0v) is 12.8. The van der Waals surface area contributed by atoms with Crippen LogP contribution in [0.2, 0.25) is 0 Å². The maximum absolute atomic E-state index is 8.93. The number of benzene rings is 1. The van der Waals surface area contributed by atoms with Crippen LogP contribution in [0.4, 0.5) is 0 Å². The Bertz CT molecular complexity index is 820. The molecule has 0 bridgehead atoms. The number of nitriles is 1. The molecule has 2 heterocycles. The Labute approximate surface area is 132 Å². The molecule has 0 amide bonds. The van der Waals surface area contributed by atoms with E-state index in [1.165, 1.54) is 0 Å². The molecule has 5 nitrogen and oxygen atoms in total. The molecule has 3 aromatic rings. The van der Waals surface area contributed by atoms with Gasteiger partial charge in [-0.2, -0.15) is 5.26 Å². The topological polar surface area (TPSA) is 67.4 Å². The van der Waals surface area contributed by atoms with Gasteiger partial charge in [-0.1, -0.05) is 23.9 Å². The summed E-state index contributed by atoms with van der Waals surface area (Å²) in [7, 11) is 1.94. The first kappa shape index (κ1) is 14.3. The van der Waals surface area contributed by atoms with Gasteiger partial charge < -0.3 is 4.57 Å². The van der Waals surface area contributed by atoms with Crippen LogP contribution in [0, 0.1) is 11.3 Å². The van der Waals surface area contributed by atoms with E-state index >= 15 is 0 Å². The summed E-state index contributed by atoms with van der Waals surface area (Å²) in [5.74, 6) is 1.54. The van der Waals surface area contributed by atoms with E-state index < -0.39 is 0 Å². The van der Waals surface area contributed by atoms with Gasteiger partial charge in [0.25, 0.3) is 0 Å². The van der Waals surface area contributed by atoms with E-state index in [0.29, 0.717) is 5.56 Å². The van der Waals surface area contributed by atoms with Crippen molar-refractivity contribution >= 4 is 11.8 Å². The molecule has 0 radical (unpaired) electrons. The lowest BCUT2D eigenvalue weighted by Crippen LogP contribution is -1.95. The summed E-state index contributed by atoms with van der Waals surface area (Å²) in [5, 5.41) is 18.2. The molecule has 0 saturated heterocycles. The Morgan fingerprint density at radius 1 is 1.23 bits per heavy atom. The van der Waals surface area contributed by atoms with Crippen LogP contribution in [0.5, 0.6) is 0 Å². The average Bonchev–Trinajstić information content (AvgIpc) is 2.95. The Morgan fingerprint density at radius 2 is 2.14 bits per heavy atom. The molecule has 0 saturated carbocycles. The molecule has 0 aliphatic carbocycles. The third-order valence-electron chi connectivity index (χ3n) is 3.18. The van der Waals surface area contributed by atoms with Gasteiger partial charge >= 0.3 is 0 Å². The Balaban J connectivity index is 1.77. The van der Waals surface area contributed by atoms with Crippen LogP contribution in [0.1, 0.15) is 11.1 Å². The highest BCUT2D eigenvalue weighted by Gasteiger charge is 2.11. The lowest BCUT2D eigenvalue weighted by Gasteiger charge is -2.04. The van der Waals surface area contributed by atoms with Crippen LogP contribution in [-0.2, 0) is 12.8 Å². The Kier molecular flexibility index (Phi) is 4.17. The summed E-state index contributed by atoms with van der Waals surface area (Å²) in [5.41, 5.74) is 2.71. The summed E-state index contributed by atoms with van der Waals surface area (Å²) in [6, 6.07) is 13.6. The molecule has 22 heavy (non-hydrogen) atoms. The van der Waals surface area contributed by atoms with E-state index in [1.807, 2.05) is 41.9 Å². The highest BCUT2D eigenvalue weighted by atomic mass is 32.2. The highest BCUT2D eigenvalue weighted by molar-refractivity contribution is 7.98. The van der Waals surface area contributed by atoms with E-state index in [-0.39, 0.29) is 0 Å². The van der Waals surface area contributed by atoms with Crippen LogP contribution in [0.25, 0.3) is 11.4 Å². The molecule has 0 unspecified atom stereocenters. The van der Waals surface area contributed by atoms with Gasteiger partial charge in [0.2, 0.25) is 0 Å². The van der Waals surface area contributed by atoms with Crippen molar-refractivity contribution in [1.82, 2.24) is 19.7 Å². The number of pyridine rings is 1. The van der Waals surface area contributed by atoms with Gasteiger partial charge in [-0.3, -0.25) is 4.98 Å². The Hall–Kier alpha value is -2.65. The molecule has 0 aliphatic rings. The van der Waals surface area contributed by atoms with Gasteiger partial charge in [-0.25, -0.2) is 0 Å². The maximum Gasteiger partial charge on any atom is 0.191 e. The van der Waals surface area contributed by atoms with Crippen molar-refractivity contribution in [1.29, 1.82) is 5.26 Å². The van der Waals surface area contributed by atoms with Crippen molar-refractivity contribution in [2.24, 2.45) is 7.05 Å². The van der Waals surface area contributed by atoms with Gasteiger partial charge in [0, 0.05) is 30.8 Å². The third kappa shape index (κ3) is 3.00. The van der Waals surface area contributed by atoms with E-state index in [1.54, 1.807) is 30.2 Å². The number of hydrogen-bond acceptors (Lipinski definition) is 5. The summed E-state index contributed by atoms with van der Waals surface area (Å²) in [6.45, 7) is 0. The van der Waals surface area contributed by atoms with Crippen LogP contribution >= 0.6 is 11.8 Å². The van der Waals surface area contributed by atoms with Crippen molar-refractivity contribution in [3.8, 4) is 17.5 Å². The van der Waals surface area contributed by atoms with Crippen molar-refractivity contribution < 1.29 is 0 Å². The van der Waals surface area contributed by atoms with Crippen LogP contribution in [0.15, 0.2) is 53.9 Å². The average molecular weight is 307 g/mol. The van der Waals surface area contributed by atoms with Crippen LogP contribution < -0.4 is 0 Å². The molecule has 1 aromatic carbocycles. The van der Waals surface area contributed by atoms with E-state index in [4.69, 9.17) is 5.26 Å². The van der Waals surface area contributed by atoms with E-state index in [2.05, 4.69) is 21.3 Å². The molecule has 3 rings (SSSR count). The fourth-order valence-electron chi connectivity index (χ4n) is 2.07. The number of aromatic nitrogens is 4. The standard InChI is InChI=1S/C16H13N5S/c1-21-15(14-6-3-7-18-10-14)19-20-16(21)22-11-13-5-2-4-12(8-13)9-17/h2-8,10H,11H2,1H3. The zero-order chi connectivity index (χ0) is 15.4. The lowest BCUT2D eigenvalue weighted by molar-refractivity contribution is 0.793. The first-order valence-corrected chi connectivity index (χ1v) is 7.68. The van der Waals surface area contributed by atoms with Crippen LogP contribution in [0.3, 0.4) is 0 Å². The largest absolute Gasteiger partial charge is 0.305 e. The maximum atomic E-state index is 8.93. The van der Waals surface area contributed by atoms with Crippen molar-refractivity contribution in [3.05, 3.63) is 59.9 Å². The SMILES string of the molecule is Cn1c(SCc2cccc(C#N)c2)nnc1-c1cccnc1. The van der Waals surface area contributed by atoms with E-state index in [0.717, 1.165) is 27.9 Å². The monoisotopic (exact) mass is 307 g/mol. The second kappa shape index (κ2) is 6.41. The van der Waals surface area contributed by atoms with Crippen molar-refractivity contribution in [3.63, 3.8) is 0 Å². The second-order valence-electron chi connectivity index (χ2n) is 4.71. The van der Waals surface area contributed by atoms with Gasteiger partial charge in [0.1, 0.15) is 0 Å². The highest BCUT2D eigenvalue weighted by Crippen LogP contribution is 2.24. The fourth-order valence-corrected chi connectivity index (χ4v) is 2.92. The van der Waals surface area contributed by atoms with Gasteiger partial charge in [0.15, 0.2) is 11.0 Å². The predicted molar refractivity (Wildman–Crippen MR) is 85.0 cm³/mol. The van der Waals surface area contributed by atoms with E-state index in [9.17, 15) is 0 Å². The van der Waals surface area contributed by atoms with Crippen molar-refractivity contribution in [2.75, 3.05) is 0 Å². The minimum absolute atomic E-state index is 0.673. The molecule has 0 N–H and O–H groups in total. The zero-order valence-electron chi connectivity index (χ0n) is 12.0. The molecule has 6 heteroatoms. The molecular weight excluding hydrogens is 294 g/mol.